The molecule has 1 saturated carbocycles. The molecule has 1 aromatic carbocycles. The SMILES string of the molecule is O=C(NO)c1ccc2c(c1)CCC1(CCN(C3CCC3)C1=O)C2. The van der Waals surface area contributed by atoms with Crippen LogP contribution in [-0.4, -0.2) is 34.5 Å². The lowest BCUT2D eigenvalue weighted by Crippen LogP contribution is -2.45. The number of amides is 2. The Morgan fingerprint density at radius 2 is 2.09 bits per heavy atom. The molecule has 1 spiro atoms. The normalized spacial score (nSPS) is 27.0. The minimum absolute atomic E-state index is 0.219. The molecule has 5 heteroatoms. The van der Waals surface area contributed by atoms with E-state index in [0.717, 1.165) is 50.6 Å². The third-order valence-corrected chi connectivity index (χ3v) is 6.03. The van der Waals surface area contributed by atoms with Crippen molar-refractivity contribution >= 4 is 11.8 Å². The molecule has 2 fully saturated rings. The zero-order chi connectivity index (χ0) is 16.0. The van der Waals surface area contributed by atoms with Crippen molar-refractivity contribution in [2.24, 2.45) is 5.41 Å². The minimum atomic E-state index is -0.485. The Hall–Kier alpha value is -1.88. The fraction of sp³-hybridized carbons (Fsp3) is 0.556. The van der Waals surface area contributed by atoms with E-state index in [1.165, 1.54) is 12.0 Å². The Labute approximate surface area is 135 Å². The van der Waals surface area contributed by atoms with Crippen molar-refractivity contribution in [2.45, 2.75) is 51.0 Å². The highest BCUT2D eigenvalue weighted by Gasteiger charge is 2.50. The molecule has 1 saturated heterocycles. The first-order valence-corrected chi connectivity index (χ1v) is 8.50. The van der Waals surface area contributed by atoms with Crippen LogP contribution in [0, 0.1) is 5.41 Å². The molecule has 122 valence electrons. The van der Waals surface area contributed by atoms with Crippen LogP contribution in [0.5, 0.6) is 0 Å². The van der Waals surface area contributed by atoms with E-state index in [1.807, 2.05) is 12.1 Å². The molecule has 0 aromatic heterocycles. The maximum absolute atomic E-state index is 13.0. The van der Waals surface area contributed by atoms with E-state index in [2.05, 4.69) is 4.90 Å². The molecule has 1 heterocycles. The van der Waals surface area contributed by atoms with Crippen LogP contribution >= 0.6 is 0 Å². The number of carbonyl (C=O) groups is 2. The molecule has 3 aliphatic rings. The molecule has 5 nitrogen and oxygen atoms in total. The van der Waals surface area contributed by atoms with Crippen molar-refractivity contribution < 1.29 is 14.8 Å². The molecule has 0 bridgehead atoms. The van der Waals surface area contributed by atoms with Crippen LogP contribution in [0.1, 0.15) is 53.6 Å². The summed E-state index contributed by atoms with van der Waals surface area (Å²) in [6.07, 6.45) is 7.01. The molecule has 2 amide bonds. The summed E-state index contributed by atoms with van der Waals surface area (Å²) in [5, 5.41) is 8.75. The highest BCUT2D eigenvalue weighted by molar-refractivity contribution is 5.93. The molecular formula is C18H22N2O3. The Balaban J connectivity index is 1.57. The second-order valence-electron chi connectivity index (χ2n) is 7.21. The largest absolute Gasteiger partial charge is 0.339 e. The lowest BCUT2D eigenvalue weighted by Gasteiger charge is -2.38. The predicted octanol–water partition coefficient (Wildman–Crippen LogP) is 2.07. The monoisotopic (exact) mass is 314 g/mol. The Bertz CT molecular complexity index is 668. The highest BCUT2D eigenvalue weighted by atomic mass is 16.5. The fourth-order valence-electron chi connectivity index (χ4n) is 4.35. The molecular weight excluding hydrogens is 292 g/mol. The Morgan fingerprint density at radius 1 is 1.26 bits per heavy atom. The van der Waals surface area contributed by atoms with Crippen LogP contribution in [0.15, 0.2) is 18.2 Å². The van der Waals surface area contributed by atoms with Gasteiger partial charge < -0.3 is 4.90 Å². The third-order valence-electron chi connectivity index (χ3n) is 6.03. The summed E-state index contributed by atoms with van der Waals surface area (Å²) in [6.45, 7) is 0.907. The number of carbonyl (C=O) groups excluding carboxylic acids is 2. The summed E-state index contributed by atoms with van der Waals surface area (Å²) >= 11 is 0. The number of hydrogen-bond acceptors (Lipinski definition) is 3. The lowest BCUT2D eigenvalue weighted by atomic mass is 9.70. The number of hydroxylamine groups is 1. The van der Waals surface area contributed by atoms with Crippen molar-refractivity contribution in [3.63, 3.8) is 0 Å². The first kappa shape index (κ1) is 14.7. The number of nitrogens with zero attached hydrogens (tertiary/aromatic N) is 1. The van der Waals surface area contributed by atoms with Crippen molar-refractivity contribution in [3.8, 4) is 0 Å². The predicted molar refractivity (Wildman–Crippen MR) is 84.1 cm³/mol. The fourth-order valence-corrected chi connectivity index (χ4v) is 4.35. The van der Waals surface area contributed by atoms with Gasteiger partial charge in [-0.3, -0.25) is 14.8 Å². The van der Waals surface area contributed by atoms with E-state index in [9.17, 15) is 9.59 Å². The first-order chi connectivity index (χ1) is 11.1. The summed E-state index contributed by atoms with van der Waals surface area (Å²) < 4.78 is 0. The average molecular weight is 314 g/mol. The van der Waals surface area contributed by atoms with Gasteiger partial charge in [0.15, 0.2) is 0 Å². The quantitative estimate of drug-likeness (QED) is 0.648. The summed E-state index contributed by atoms with van der Waals surface area (Å²) in [5.41, 5.74) is 4.23. The number of likely N-dealkylation sites (tertiary alicyclic amines) is 1. The topological polar surface area (TPSA) is 69.6 Å². The van der Waals surface area contributed by atoms with E-state index in [-0.39, 0.29) is 5.41 Å². The van der Waals surface area contributed by atoms with Gasteiger partial charge in [0.25, 0.3) is 5.91 Å². The number of nitrogens with one attached hydrogen (secondary N) is 1. The molecule has 4 rings (SSSR count). The van der Waals surface area contributed by atoms with Crippen LogP contribution in [0.25, 0.3) is 0 Å². The molecule has 2 N–H and O–H groups in total. The molecule has 1 aliphatic heterocycles. The summed E-state index contributed by atoms with van der Waals surface area (Å²) in [7, 11) is 0. The number of aryl methyl sites for hydroxylation is 1. The summed E-state index contributed by atoms with van der Waals surface area (Å²) in [6, 6.07) is 6.00. The second-order valence-corrected chi connectivity index (χ2v) is 7.21. The van der Waals surface area contributed by atoms with Gasteiger partial charge in [-0.1, -0.05) is 6.07 Å². The first-order valence-electron chi connectivity index (χ1n) is 8.50. The maximum Gasteiger partial charge on any atom is 0.274 e. The molecule has 1 atom stereocenters. The zero-order valence-corrected chi connectivity index (χ0v) is 13.2. The van der Waals surface area contributed by atoms with Gasteiger partial charge in [-0.15, -0.1) is 0 Å². The Morgan fingerprint density at radius 3 is 2.78 bits per heavy atom. The van der Waals surface area contributed by atoms with Gasteiger partial charge in [0, 0.05) is 18.2 Å². The van der Waals surface area contributed by atoms with Gasteiger partial charge in [0.1, 0.15) is 0 Å². The van der Waals surface area contributed by atoms with Gasteiger partial charge in [-0.2, -0.15) is 0 Å². The van der Waals surface area contributed by atoms with Crippen molar-refractivity contribution in [1.82, 2.24) is 10.4 Å². The average Bonchev–Trinajstić information content (AvgIpc) is 2.82. The number of rotatable bonds is 2. The maximum atomic E-state index is 13.0. The van der Waals surface area contributed by atoms with E-state index in [1.54, 1.807) is 11.5 Å². The lowest BCUT2D eigenvalue weighted by molar-refractivity contribution is -0.139. The summed E-state index contributed by atoms with van der Waals surface area (Å²) in [5.74, 6) is -0.133. The van der Waals surface area contributed by atoms with Crippen molar-refractivity contribution in [3.05, 3.63) is 34.9 Å². The molecule has 1 unspecified atom stereocenters. The van der Waals surface area contributed by atoms with Crippen LogP contribution < -0.4 is 5.48 Å². The Kier molecular flexibility index (Phi) is 3.41. The molecule has 1 aromatic rings. The molecule has 2 aliphatic carbocycles. The zero-order valence-electron chi connectivity index (χ0n) is 13.2. The minimum Gasteiger partial charge on any atom is -0.339 e. The van der Waals surface area contributed by atoms with Gasteiger partial charge in [-0.25, -0.2) is 5.48 Å². The van der Waals surface area contributed by atoms with Gasteiger partial charge in [0.2, 0.25) is 5.91 Å². The second kappa shape index (κ2) is 5.34. The van der Waals surface area contributed by atoms with Crippen LogP contribution in [0.2, 0.25) is 0 Å². The van der Waals surface area contributed by atoms with Crippen LogP contribution in [-0.2, 0) is 17.6 Å². The van der Waals surface area contributed by atoms with Crippen LogP contribution in [0.4, 0.5) is 0 Å². The summed E-state index contributed by atoms with van der Waals surface area (Å²) in [4.78, 5) is 26.6. The molecule has 0 radical (unpaired) electrons. The number of benzene rings is 1. The van der Waals surface area contributed by atoms with Gasteiger partial charge in [0.05, 0.1) is 5.41 Å². The van der Waals surface area contributed by atoms with E-state index < -0.39 is 5.91 Å². The van der Waals surface area contributed by atoms with Crippen LogP contribution in [0.3, 0.4) is 0 Å². The van der Waals surface area contributed by atoms with E-state index in [0.29, 0.717) is 17.5 Å². The molecule has 23 heavy (non-hydrogen) atoms. The van der Waals surface area contributed by atoms with E-state index in [4.69, 9.17) is 5.21 Å². The van der Waals surface area contributed by atoms with Gasteiger partial charge in [-0.05, 0) is 68.2 Å². The third kappa shape index (κ3) is 2.26. The van der Waals surface area contributed by atoms with E-state index >= 15 is 0 Å². The number of fused-ring (bicyclic) bond motifs is 1. The highest BCUT2D eigenvalue weighted by Crippen LogP contribution is 2.46. The van der Waals surface area contributed by atoms with Crippen molar-refractivity contribution in [1.29, 1.82) is 0 Å². The number of hydrogen-bond donors (Lipinski definition) is 2. The van der Waals surface area contributed by atoms with Crippen molar-refractivity contribution in [2.75, 3.05) is 6.54 Å². The smallest absolute Gasteiger partial charge is 0.274 e. The van der Waals surface area contributed by atoms with Gasteiger partial charge >= 0.3 is 0 Å². The standard InChI is InChI=1S/C18H22N2O3/c21-16(19-23)13-4-5-14-11-18(7-6-12(14)10-13)8-9-20(17(18)22)15-2-1-3-15/h4-5,10,15,23H,1-3,6-9,11H2,(H,19,21).